The molecule has 1 aromatic heterocycles. The van der Waals surface area contributed by atoms with Crippen molar-refractivity contribution >= 4 is 55.6 Å². The van der Waals surface area contributed by atoms with Crippen LogP contribution in [0.5, 0.6) is 0 Å². The number of aromatic nitrogens is 1. The van der Waals surface area contributed by atoms with Gasteiger partial charge in [-0.25, -0.2) is 4.98 Å². The summed E-state index contributed by atoms with van der Waals surface area (Å²) in [6.07, 6.45) is 0. The van der Waals surface area contributed by atoms with E-state index < -0.39 is 0 Å². The maximum Gasteiger partial charge on any atom is 0.257 e. The summed E-state index contributed by atoms with van der Waals surface area (Å²) in [6, 6.07) is 13.8. The van der Waals surface area contributed by atoms with Gasteiger partial charge in [-0.15, -0.1) is 0 Å². The van der Waals surface area contributed by atoms with Crippen LogP contribution in [-0.4, -0.2) is 42.3 Å². The Morgan fingerprint density at radius 3 is 2.60 bits per heavy atom. The van der Waals surface area contributed by atoms with Gasteiger partial charge in [0, 0.05) is 24.3 Å². The van der Waals surface area contributed by atoms with Crippen molar-refractivity contribution in [2.45, 2.75) is 19.8 Å². The molecule has 0 unspecified atom stereocenters. The van der Waals surface area contributed by atoms with Crippen LogP contribution in [0.1, 0.15) is 35.7 Å². The van der Waals surface area contributed by atoms with Gasteiger partial charge in [0.05, 0.1) is 23.4 Å². The highest BCUT2D eigenvalue weighted by atomic mass is 32.1. The number of nitrogens with one attached hydrogen (secondary N) is 2. The van der Waals surface area contributed by atoms with E-state index in [1.807, 2.05) is 30.3 Å². The van der Waals surface area contributed by atoms with Gasteiger partial charge >= 0.3 is 0 Å². The number of thiazole rings is 1. The first-order valence-electron chi connectivity index (χ1n) is 9.95. The molecule has 1 saturated heterocycles. The zero-order valence-electron chi connectivity index (χ0n) is 17.0. The smallest absolute Gasteiger partial charge is 0.257 e. The predicted molar refractivity (Wildman–Crippen MR) is 127 cm³/mol. The molecule has 8 heteroatoms. The number of amides is 1. The van der Waals surface area contributed by atoms with E-state index in [1.54, 1.807) is 0 Å². The van der Waals surface area contributed by atoms with Crippen LogP contribution in [0.25, 0.3) is 10.2 Å². The molecule has 156 valence electrons. The van der Waals surface area contributed by atoms with Crippen molar-refractivity contribution in [3.63, 3.8) is 0 Å². The second-order valence-corrected chi connectivity index (χ2v) is 8.89. The van der Waals surface area contributed by atoms with Gasteiger partial charge in [-0.3, -0.25) is 10.1 Å². The number of fused-ring (bicyclic) bond motifs is 1. The third-order valence-corrected chi connectivity index (χ3v) is 6.17. The summed E-state index contributed by atoms with van der Waals surface area (Å²) < 4.78 is 6.50. The Bertz CT molecular complexity index is 1060. The highest BCUT2D eigenvalue weighted by Gasteiger charge is 2.14. The summed E-state index contributed by atoms with van der Waals surface area (Å²) in [7, 11) is 0. The van der Waals surface area contributed by atoms with E-state index in [0.29, 0.717) is 16.6 Å². The second kappa shape index (κ2) is 9.07. The second-order valence-electron chi connectivity index (χ2n) is 7.46. The molecule has 1 fully saturated rings. The number of carbonyl (C=O) groups is 1. The maximum absolute atomic E-state index is 12.4. The number of anilines is 2. The van der Waals surface area contributed by atoms with E-state index in [-0.39, 0.29) is 11.0 Å². The van der Waals surface area contributed by atoms with Crippen LogP contribution in [-0.2, 0) is 4.74 Å². The number of hydrogen-bond acceptors (Lipinski definition) is 6. The molecule has 3 aromatic rings. The normalized spacial score (nSPS) is 14.2. The summed E-state index contributed by atoms with van der Waals surface area (Å²) in [5, 5.41) is 6.65. The molecule has 2 aromatic carbocycles. The molecule has 2 heterocycles. The molecule has 0 atom stereocenters. The number of morpholine rings is 1. The molecular formula is C22H24N4O2S2. The Labute approximate surface area is 185 Å². The fraction of sp³-hybridized carbons (Fsp3) is 0.318. The van der Waals surface area contributed by atoms with Crippen LogP contribution in [0.4, 0.5) is 10.8 Å². The SMILES string of the molecule is CC(C)c1ccc(C(=O)NC(=S)Nc2nc3ccc(N4CCOCC4)cc3s2)cc1. The zero-order valence-corrected chi connectivity index (χ0v) is 18.6. The maximum atomic E-state index is 12.4. The number of nitrogens with zero attached hydrogens (tertiary/aromatic N) is 2. The van der Waals surface area contributed by atoms with E-state index in [1.165, 1.54) is 22.6 Å². The number of thiocarbonyl (C=S) groups is 1. The quantitative estimate of drug-likeness (QED) is 0.587. The third kappa shape index (κ3) is 4.77. The highest BCUT2D eigenvalue weighted by Crippen LogP contribution is 2.30. The lowest BCUT2D eigenvalue weighted by atomic mass is 10.0. The number of ether oxygens (including phenoxy) is 1. The Kier molecular flexibility index (Phi) is 6.26. The van der Waals surface area contributed by atoms with Crippen molar-refractivity contribution in [3.05, 3.63) is 53.6 Å². The summed E-state index contributed by atoms with van der Waals surface area (Å²) in [5.74, 6) is 0.186. The first kappa shape index (κ1) is 20.7. The molecule has 1 aliphatic rings. The van der Waals surface area contributed by atoms with Crippen molar-refractivity contribution in [3.8, 4) is 0 Å². The van der Waals surface area contributed by atoms with Gasteiger partial charge in [0.1, 0.15) is 0 Å². The van der Waals surface area contributed by atoms with E-state index in [0.717, 1.165) is 36.5 Å². The van der Waals surface area contributed by atoms with Crippen LogP contribution in [0.15, 0.2) is 42.5 Å². The van der Waals surface area contributed by atoms with Crippen LogP contribution in [0.3, 0.4) is 0 Å². The zero-order chi connectivity index (χ0) is 21.1. The van der Waals surface area contributed by atoms with E-state index >= 15 is 0 Å². The molecule has 0 aliphatic carbocycles. The highest BCUT2D eigenvalue weighted by molar-refractivity contribution is 7.80. The van der Waals surface area contributed by atoms with Crippen molar-refractivity contribution in [2.24, 2.45) is 0 Å². The molecule has 1 amide bonds. The van der Waals surface area contributed by atoms with Gasteiger partial charge in [0.25, 0.3) is 5.91 Å². The van der Waals surface area contributed by atoms with Gasteiger partial charge in [0.2, 0.25) is 0 Å². The molecular weight excluding hydrogens is 416 g/mol. The van der Waals surface area contributed by atoms with E-state index in [2.05, 4.69) is 46.5 Å². The number of hydrogen-bond donors (Lipinski definition) is 2. The fourth-order valence-corrected chi connectivity index (χ4v) is 4.47. The Morgan fingerprint density at radius 1 is 1.17 bits per heavy atom. The summed E-state index contributed by atoms with van der Waals surface area (Å²) in [5.41, 5.74) is 3.83. The molecule has 1 aliphatic heterocycles. The third-order valence-electron chi connectivity index (χ3n) is 5.04. The van der Waals surface area contributed by atoms with Crippen molar-refractivity contribution in [2.75, 3.05) is 36.5 Å². The van der Waals surface area contributed by atoms with Gasteiger partial charge in [-0.2, -0.15) is 0 Å². The topological polar surface area (TPSA) is 66.5 Å². The van der Waals surface area contributed by atoms with Crippen LogP contribution in [0.2, 0.25) is 0 Å². The van der Waals surface area contributed by atoms with Gasteiger partial charge in [-0.1, -0.05) is 37.3 Å². The fourth-order valence-electron chi connectivity index (χ4n) is 3.31. The number of carbonyl (C=O) groups excluding carboxylic acids is 1. The van der Waals surface area contributed by atoms with Crippen molar-refractivity contribution in [1.29, 1.82) is 0 Å². The minimum absolute atomic E-state index is 0.236. The first-order chi connectivity index (χ1) is 14.5. The minimum atomic E-state index is -0.237. The number of benzene rings is 2. The van der Waals surface area contributed by atoms with Gasteiger partial charge in [-0.05, 0) is 54.0 Å². The average molecular weight is 441 g/mol. The monoisotopic (exact) mass is 440 g/mol. The molecule has 30 heavy (non-hydrogen) atoms. The van der Waals surface area contributed by atoms with E-state index in [4.69, 9.17) is 17.0 Å². The first-order valence-corrected chi connectivity index (χ1v) is 11.2. The summed E-state index contributed by atoms with van der Waals surface area (Å²) in [6.45, 7) is 7.53. The molecule has 0 spiro atoms. The molecule has 0 bridgehead atoms. The Balaban J connectivity index is 1.40. The molecule has 2 N–H and O–H groups in total. The van der Waals surface area contributed by atoms with Crippen LogP contribution in [0, 0.1) is 0 Å². The molecule has 6 nitrogen and oxygen atoms in total. The van der Waals surface area contributed by atoms with Crippen molar-refractivity contribution < 1.29 is 9.53 Å². The minimum Gasteiger partial charge on any atom is -0.378 e. The lowest BCUT2D eigenvalue weighted by Gasteiger charge is -2.28. The van der Waals surface area contributed by atoms with Gasteiger partial charge in [0.15, 0.2) is 10.2 Å². The summed E-state index contributed by atoms with van der Waals surface area (Å²) >= 11 is 6.83. The molecule has 4 rings (SSSR count). The number of rotatable bonds is 4. The van der Waals surface area contributed by atoms with Crippen LogP contribution >= 0.6 is 23.6 Å². The predicted octanol–water partition coefficient (Wildman–Crippen LogP) is 4.38. The Morgan fingerprint density at radius 2 is 1.90 bits per heavy atom. The standard InChI is InChI=1S/C22H24N4O2S2/c1-14(2)15-3-5-16(6-4-15)20(27)24-21(29)25-22-23-18-8-7-17(13-19(18)30-22)26-9-11-28-12-10-26/h3-8,13-14H,9-12H2,1-2H3,(H2,23,24,25,27,29). The van der Waals surface area contributed by atoms with Gasteiger partial charge < -0.3 is 15.0 Å². The molecule has 0 saturated carbocycles. The summed E-state index contributed by atoms with van der Waals surface area (Å²) in [4.78, 5) is 19.3. The average Bonchev–Trinajstić information content (AvgIpc) is 3.15. The molecule has 0 radical (unpaired) electrons. The lowest BCUT2D eigenvalue weighted by molar-refractivity contribution is 0.0977. The Hall–Kier alpha value is -2.55. The largest absolute Gasteiger partial charge is 0.378 e. The van der Waals surface area contributed by atoms with E-state index in [9.17, 15) is 4.79 Å². The van der Waals surface area contributed by atoms with Crippen LogP contribution < -0.4 is 15.5 Å². The lowest BCUT2D eigenvalue weighted by Crippen LogP contribution is -2.36. The van der Waals surface area contributed by atoms with Crippen molar-refractivity contribution in [1.82, 2.24) is 10.3 Å².